The summed E-state index contributed by atoms with van der Waals surface area (Å²) in [6.07, 6.45) is 3.81. The summed E-state index contributed by atoms with van der Waals surface area (Å²) in [5.74, 6) is 2.09. The first-order valence-electron chi connectivity index (χ1n) is 10.1. The molecule has 1 aliphatic rings. The second-order valence-corrected chi connectivity index (χ2v) is 7.66. The Morgan fingerprint density at radius 3 is 2.50 bits per heavy atom. The first kappa shape index (κ1) is 22.0. The van der Waals surface area contributed by atoms with Crippen molar-refractivity contribution in [2.24, 2.45) is 0 Å². The standard InChI is InChI=1S/C24H31NO5/c1-6-7-16-10-19-15(2)23(30-24(19)21(11-16)29-5)17-12-18(14-25(3)8-9-26)22(27)20(13-17)28-4/h6-7,10-13,15,23,26-27H,8-9,14H2,1-5H3/b7-6+/t15-,23-/m0/s1. The molecule has 30 heavy (non-hydrogen) atoms. The van der Waals surface area contributed by atoms with Crippen LogP contribution < -0.4 is 14.2 Å². The summed E-state index contributed by atoms with van der Waals surface area (Å²) in [5.41, 5.74) is 3.82. The summed E-state index contributed by atoms with van der Waals surface area (Å²) in [6.45, 7) is 5.17. The van der Waals surface area contributed by atoms with Gasteiger partial charge in [-0.15, -0.1) is 0 Å². The lowest BCUT2D eigenvalue weighted by Gasteiger charge is -2.21. The summed E-state index contributed by atoms with van der Waals surface area (Å²) in [6, 6.07) is 7.89. The number of phenolic OH excluding ortho intramolecular Hbond substituents is 1. The maximum atomic E-state index is 10.6. The molecule has 6 nitrogen and oxygen atoms in total. The van der Waals surface area contributed by atoms with Crippen LogP contribution >= 0.6 is 0 Å². The number of aliphatic hydroxyl groups excluding tert-OH is 1. The van der Waals surface area contributed by atoms with Crippen LogP contribution in [0.25, 0.3) is 6.08 Å². The van der Waals surface area contributed by atoms with Crippen LogP contribution in [0.5, 0.6) is 23.0 Å². The number of nitrogens with zero attached hydrogens (tertiary/aromatic N) is 1. The second kappa shape index (κ2) is 9.41. The Kier molecular flexibility index (Phi) is 6.90. The third-order valence-electron chi connectivity index (χ3n) is 5.52. The van der Waals surface area contributed by atoms with E-state index in [9.17, 15) is 10.2 Å². The monoisotopic (exact) mass is 413 g/mol. The molecular weight excluding hydrogens is 382 g/mol. The minimum absolute atomic E-state index is 0.0561. The number of aromatic hydroxyl groups is 1. The maximum absolute atomic E-state index is 10.6. The zero-order valence-corrected chi connectivity index (χ0v) is 18.3. The van der Waals surface area contributed by atoms with Crippen molar-refractivity contribution in [2.45, 2.75) is 32.4 Å². The van der Waals surface area contributed by atoms with E-state index in [0.29, 0.717) is 24.6 Å². The van der Waals surface area contributed by atoms with Gasteiger partial charge >= 0.3 is 0 Å². The van der Waals surface area contributed by atoms with E-state index in [1.165, 1.54) is 0 Å². The van der Waals surface area contributed by atoms with Crippen LogP contribution in [0.3, 0.4) is 0 Å². The number of benzene rings is 2. The molecule has 1 aliphatic heterocycles. The molecule has 2 N–H and O–H groups in total. The molecule has 0 aromatic heterocycles. The van der Waals surface area contributed by atoms with Crippen molar-refractivity contribution in [1.29, 1.82) is 0 Å². The molecule has 162 valence electrons. The maximum Gasteiger partial charge on any atom is 0.165 e. The lowest BCUT2D eigenvalue weighted by atomic mass is 9.90. The van der Waals surface area contributed by atoms with Gasteiger partial charge in [0.15, 0.2) is 23.0 Å². The Balaban J connectivity index is 2.01. The number of ether oxygens (including phenoxy) is 3. The van der Waals surface area contributed by atoms with Crippen molar-refractivity contribution in [2.75, 3.05) is 34.4 Å². The third kappa shape index (κ3) is 4.25. The molecule has 2 aromatic carbocycles. The Hall–Kier alpha value is -2.70. The first-order valence-corrected chi connectivity index (χ1v) is 10.1. The van der Waals surface area contributed by atoms with Crippen molar-refractivity contribution < 1.29 is 24.4 Å². The number of methoxy groups -OCH3 is 2. The topological polar surface area (TPSA) is 71.4 Å². The highest BCUT2D eigenvalue weighted by atomic mass is 16.5. The molecule has 2 atom stereocenters. The fourth-order valence-electron chi connectivity index (χ4n) is 3.97. The molecule has 0 aliphatic carbocycles. The van der Waals surface area contributed by atoms with Crippen LogP contribution in [0.4, 0.5) is 0 Å². The van der Waals surface area contributed by atoms with Gasteiger partial charge in [0.25, 0.3) is 0 Å². The molecule has 6 heteroatoms. The molecule has 0 saturated carbocycles. The van der Waals surface area contributed by atoms with Crippen LogP contribution in [-0.4, -0.2) is 49.5 Å². The summed E-state index contributed by atoms with van der Waals surface area (Å²) >= 11 is 0. The predicted molar refractivity (Wildman–Crippen MR) is 118 cm³/mol. The average Bonchev–Trinajstić information content (AvgIpc) is 3.06. The fraction of sp³-hybridized carbons (Fsp3) is 0.417. The molecule has 0 saturated heterocycles. The van der Waals surface area contributed by atoms with Gasteiger partial charge in [0.2, 0.25) is 0 Å². The zero-order valence-electron chi connectivity index (χ0n) is 18.3. The number of hydrogen-bond acceptors (Lipinski definition) is 6. The zero-order chi connectivity index (χ0) is 21.8. The fourth-order valence-corrected chi connectivity index (χ4v) is 3.97. The van der Waals surface area contributed by atoms with Gasteiger partial charge in [-0.05, 0) is 49.4 Å². The molecule has 0 unspecified atom stereocenters. The molecule has 0 fully saturated rings. The van der Waals surface area contributed by atoms with E-state index in [2.05, 4.69) is 13.0 Å². The van der Waals surface area contributed by atoms with E-state index in [0.717, 1.165) is 28.0 Å². The highest BCUT2D eigenvalue weighted by Gasteiger charge is 2.35. The average molecular weight is 414 g/mol. The van der Waals surface area contributed by atoms with Gasteiger partial charge in [-0.25, -0.2) is 0 Å². The Bertz CT molecular complexity index is 924. The quantitative estimate of drug-likeness (QED) is 0.679. The summed E-state index contributed by atoms with van der Waals surface area (Å²) < 4.78 is 17.4. The molecule has 0 bridgehead atoms. The molecule has 2 aromatic rings. The van der Waals surface area contributed by atoms with Crippen LogP contribution in [-0.2, 0) is 6.54 Å². The summed E-state index contributed by atoms with van der Waals surface area (Å²) in [5, 5.41) is 19.8. The third-order valence-corrected chi connectivity index (χ3v) is 5.52. The number of rotatable bonds is 8. The van der Waals surface area contributed by atoms with Crippen LogP contribution in [0.15, 0.2) is 30.3 Å². The van der Waals surface area contributed by atoms with Gasteiger partial charge in [-0.1, -0.05) is 19.1 Å². The van der Waals surface area contributed by atoms with E-state index in [-0.39, 0.29) is 24.4 Å². The van der Waals surface area contributed by atoms with E-state index < -0.39 is 0 Å². The van der Waals surface area contributed by atoms with E-state index >= 15 is 0 Å². The van der Waals surface area contributed by atoms with Crippen LogP contribution in [0.2, 0.25) is 0 Å². The lowest BCUT2D eigenvalue weighted by molar-refractivity contribution is 0.205. The number of likely N-dealkylation sites (N-methyl/N-ethyl adjacent to an activating group) is 1. The van der Waals surface area contributed by atoms with Gasteiger partial charge in [0, 0.05) is 30.1 Å². The van der Waals surface area contributed by atoms with Crippen molar-refractivity contribution >= 4 is 6.08 Å². The van der Waals surface area contributed by atoms with Gasteiger partial charge in [0.05, 0.1) is 20.8 Å². The van der Waals surface area contributed by atoms with Gasteiger partial charge in [-0.2, -0.15) is 0 Å². The smallest absolute Gasteiger partial charge is 0.165 e. The van der Waals surface area contributed by atoms with Gasteiger partial charge < -0.3 is 24.4 Å². The Labute approximate surface area is 178 Å². The highest BCUT2D eigenvalue weighted by Crippen LogP contribution is 2.51. The largest absolute Gasteiger partial charge is 0.504 e. The molecule has 0 spiro atoms. The number of allylic oxidation sites excluding steroid dienone is 1. The van der Waals surface area contributed by atoms with Crippen molar-refractivity contribution in [3.8, 4) is 23.0 Å². The molecule has 1 heterocycles. The number of phenols is 1. The first-order chi connectivity index (χ1) is 14.4. The Morgan fingerprint density at radius 1 is 1.13 bits per heavy atom. The minimum Gasteiger partial charge on any atom is -0.504 e. The predicted octanol–water partition coefficient (Wildman–Crippen LogP) is 4.10. The number of aliphatic hydroxyl groups is 1. The van der Waals surface area contributed by atoms with Crippen molar-refractivity contribution in [1.82, 2.24) is 4.90 Å². The van der Waals surface area contributed by atoms with E-state index in [1.807, 2.05) is 49.2 Å². The summed E-state index contributed by atoms with van der Waals surface area (Å²) in [7, 11) is 5.09. The molecule has 3 rings (SSSR count). The SMILES string of the molecule is C/C=C/c1cc(OC)c2c(c1)[C@H](C)[C@@H](c1cc(CN(C)CCO)c(O)c(OC)c1)O2. The van der Waals surface area contributed by atoms with Crippen molar-refractivity contribution in [3.63, 3.8) is 0 Å². The van der Waals surface area contributed by atoms with Crippen molar-refractivity contribution in [3.05, 3.63) is 52.6 Å². The second-order valence-electron chi connectivity index (χ2n) is 7.66. The molecule has 0 amide bonds. The molecular formula is C24H31NO5. The van der Waals surface area contributed by atoms with Crippen LogP contribution in [0, 0.1) is 0 Å². The number of fused-ring (bicyclic) bond motifs is 1. The number of hydrogen-bond donors (Lipinski definition) is 2. The lowest BCUT2D eigenvalue weighted by Crippen LogP contribution is -2.22. The van der Waals surface area contributed by atoms with E-state index in [1.54, 1.807) is 14.2 Å². The minimum atomic E-state index is -0.230. The summed E-state index contributed by atoms with van der Waals surface area (Å²) in [4.78, 5) is 1.94. The van der Waals surface area contributed by atoms with E-state index in [4.69, 9.17) is 14.2 Å². The Morgan fingerprint density at radius 2 is 1.87 bits per heavy atom. The van der Waals surface area contributed by atoms with Gasteiger partial charge in [0.1, 0.15) is 6.10 Å². The normalized spacial score (nSPS) is 18.0. The van der Waals surface area contributed by atoms with Crippen LogP contribution in [0.1, 0.15) is 48.1 Å². The van der Waals surface area contributed by atoms with Gasteiger partial charge in [-0.3, -0.25) is 4.90 Å². The molecule has 0 radical (unpaired) electrons. The highest BCUT2D eigenvalue weighted by molar-refractivity contribution is 5.62.